The molecule has 0 saturated carbocycles. The highest BCUT2D eigenvalue weighted by Gasteiger charge is 2.16. The largest absolute Gasteiger partial charge is 0.290 e. The van der Waals surface area contributed by atoms with E-state index in [-0.39, 0.29) is 5.91 Å². The van der Waals surface area contributed by atoms with E-state index in [2.05, 4.69) is 20.5 Å². The Balaban J connectivity index is 1.77. The van der Waals surface area contributed by atoms with Gasteiger partial charge >= 0.3 is 0 Å². The summed E-state index contributed by atoms with van der Waals surface area (Å²) in [6.45, 7) is 0. The van der Waals surface area contributed by atoms with E-state index in [1.54, 1.807) is 11.3 Å². The zero-order valence-electron chi connectivity index (χ0n) is 10.6. The van der Waals surface area contributed by atoms with Gasteiger partial charge in [-0.1, -0.05) is 12.8 Å². The normalized spacial score (nSPS) is 15.4. The minimum Gasteiger partial charge on any atom is -0.290 e. The van der Waals surface area contributed by atoms with Crippen molar-refractivity contribution in [2.75, 3.05) is 5.32 Å². The highest BCUT2D eigenvalue weighted by Crippen LogP contribution is 2.28. The number of hydrogen-bond donors (Lipinski definition) is 2. The summed E-state index contributed by atoms with van der Waals surface area (Å²) >= 11 is 1.61. The third-order valence-electron chi connectivity index (χ3n) is 3.37. The van der Waals surface area contributed by atoms with Gasteiger partial charge in [0.15, 0.2) is 0 Å². The Morgan fingerprint density at radius 3 is 2.89 bits per heavy atom. The van der Waals surface area contributed by atoms with Gasteiger partial charge in [-0.3, -0.25) is 10.1 Å². The summed E-state index contributed by atoms with van der Waals surface area (Å²) < 4.78 is 0. The van der Waals surface area contributed by atoms with Gasteiger partial charge in [0.25, 0.3) is 5.91 Å². The second-order valence-corrected chi connectivity index (χ2v) is 5.90. The quantitative estimate of drug-likeness (QED) is 0.886. The Labute approximate surface area is 115 Å². The number of aryl methyl sites for hydroxylation is 2. The molecule has 19 heavy (non-hydrogen) atoms. The van der Waals surface area contributed by atoms with Crippen LogP contribution < -0.4 is 5.32 Å². The van der Waals surface area contributed by atoms with Crippen molar-refractivity contribution in [2.24, 2.45) is 0 Å². The maximum atomic E-state index is 12.1. The molecule has 0 saturated heterocycles. The summed E-state index contributed by atoms with van der Waals surface area (Å²) in [5, 5.41) is 9.06. The van der Waals surface area contributed by atoms with E-state index < -0.39 is 0 Å². The van der Waals surface area contributed by atoms with Gasteiger partial charge in [-0.05, 0) is 37.3 Å². The Morgan fingerprint density at radius 2 is 2.11 bits per heavy atom. The molecule has 0 aliphatic heterocycles. The van der Waals surface area contributed by atoms with Crippen LogP contribution in [0.5, 0.6) is 0 Å². The lowest BCUT2D eigenvalue weighted by molar-refractivity contribution is 0.102. The van der Waals surface area contributed by atoms with Crippen molar-refractivity contribution in [2.45, 2.75) is 38.5 Å². The molecule has 6 heteroatoms. The minimum absolute atomic E-state index is 0.103. The highest BCUT2D eigenvalue weighted by atomic mass is 32.1. The molecule has 100 valence electrons. The summed E-state index contributed by atoms with van der Waals surface area (Å²) in [6, 6.07) is 2.04. The monoisotopic (exact) mass is 276 g/mol. The number of rotatable bonds is 2. The topological polar surface area (TPSA) is 70.7 Å². The van der Waals surface area contributed by atoms with Gasteiger partial charge in [-0.25, -0.2) is 5.10 Å². The number of nitrogens with one attached hydrogen (secondary N) is 2. The first-order chi connectivity index (χ1) is 9.33. The fourth-order valence-electron chi connectivity index (χ4n) is 2.39. The third kappa shape index (κ3) is 2.84. The van der Waals surface area contributed by atoms with Crippen molar-refractivity contribution < 1.29 is 4.79 Å². The van der Waals surface area contributed by atoms with Crippen LogP contribution in [0.4, 0.5) is 5.95 Å². The zero-order valence-corrected chi connectivity index (χ0v) is 11.4. The van der Waals surface area contributed by atoms with Gasteiger partial charge in [0.1, 0.15) is 6.33 Å². The first kappa shape index (κ1) is 12.3. The van der Waals surface area contributed by atoms with Crippen LogP contribution in [-0.2, 0) is 12.8 Å². The number of nitrogens with zero attached hydrogens (tertiary/aromatic N) is 2. The molecule has 2 heterocycles. The molecule has 2 aromatic rings. The van der Waals surface area contributed by atoms with Crippen LogP contribution in [0, 0.1) is 0 Å². The highest BCUT2D eigenvalue weighted by molar-refractivity contribution is 7.14. The van der Waals surface area contributed by atoms with Gasteiger partial charge in [0.05, 0.1) is 4.88 Å². The van der Waals surface area contributed by atoms with E-state index >= 15 is 0 Å². The predicted molar refractivity (Wildman–Crippen MR) is 74.5 cm³/mol. The van der Waals surface area contributed by atoms with Crippen molar-refractivity contribution in [3.63, 3.8) is 0 Å². The fraction of sp³-hybridized carbons (Fsp3) is 0.462. The third-order valence-corrected chi connectivity index (χ3v) is 4.60. The predicted octanol–water partition coefficient (Wildman–Crippen LogP) is 2.78. The molecule has 1 amide bonds. The molecule has 0 radical (unpaired) electrons. The number of amides is 1. The number of anilines is 1. The first-order valence-corrected chi connectivity index (χ1v) is 7.43. The lowest BCUT2D eigenvalue weighted by atomic mass is 10.00. The number of fused-ring (bicyclic) bond motifs is 1. The van der Waals surface area contributed by atoms with Crippen molar-refractivity contribution in [3.05, 3.63) is 27.7 Å². The van der Waals surface area contributed by atoms with Crippen LogP contribution in [0.3, 0.4) is 0 Å². The summed E-state index contributed by atoms with van der Waals surface area (Å²) in [6.07, 6.45) is 8.65. The summed E-state index contributed by atoms with van der Waals surface area (Å²) in [4.78, 5) is 18.2. The van der Waals surface area contributed by atoms with Crippen LogP contribution in [0.2, 0.25) is 0 Å². The van der Waals surface area contributed by atoms with Gasteiger partial charge in [-0.15, -0.1) is 11.3 Å². The van der Waals surface area contributed by atoms with Crippen molar-refractivity contribution in [3.8, 4) is 0 Å². The van der Waals surface area contributed by atoms with Crippen LogP contribution in [0.15, 0.2) is 12.4 Å². The van der Waals surface area contributed by atoms with Gasteiger partial charge < -0.3 is 0 Å². The number of aromatic amines is 1. The molecule has 0 unspecified atom stereocenters. The molecule has 0 atom stereocenters. The molecule has 0 fully saturated rings. The molecule has 5 nitrogen and oxygen atoms in total. The SMILES string of the molecule is O=C(Nc1ncn[nH]1)c1cc2c(s1)CCCCCC2. The number of hydrogen-bond acceptors (Lipinski definition) is 4. The van der Waals surface area contributed by atoms with Crippen molar-refractivity contribution >= 4 is 23.2 Å². The van der Waals surface area contributed by atoms with Crippen molar-refractivity contribution in [1.29, 1.82) is 0 Å². The number of carbonyl (C=O) groups excluding carboxylic acids is 1. The van der Waals surface area contributed by atoms with Crippen molar-refractivity contribution in [1.82, 2.24) is 15.2 Å². The number of thiophene rings is 1. The average molecular weight is 276 g/mol. The Kier molecular flexibility index (Phi) is 3.59. The molecule has 2 aromatic heterocycles. The van der Waals surface area contributed by atoms with Gasteiger partial charge in [-0.2, -0.15) is 10.1 Å². The molecule has 1 aliphatic carbocycles. The standard InChI is InChI=1S/C13H16N4OS/c18-12(16-13-14-8-15-17-13)11-7-9-5-3-1-2-4-6-10(9)19-11/h7-8H,1-6H2,(H2,14,15,16,17,18). The maximum Gasteiger partial charge on any atom is 0.268 e. The molecule has 3 rings (SSSR count). The van der Waals surface area contributed by atoms with Gasteiger partial charge in [0.2, 0.25) is 5.95 Å². The Bertz CT molecular complexity index is 536. The lowest BCUT2D eigenvalue weighted by Gasteiger charge is -2.07. The smallest absolute Gasteiger partial charge is 0.268 e. The summed E-state index contributed by atoms with van der Waals surface area (Å²) in [5.41, 5.74) is 1.35. The van der Waals surface area contributed by atoms with E-state index in [4.69, 9.17) is 0 Å². The molecular formula is C13H16N4OS. The number of carbonyl (C=O) groups is 1. The van der Waals surface area contributed by atoms with E-state index in [1.807, 2.05) is 6.07 Å². The zero-order chi connectivity index (χ0) is 13.1. The average Bonchev–Trinajstić information content (AvgIpc) is 2.99. The summed E-state index contributed by atoms with van der Waals surface area (Å²) in [5.74, 6) is 0.291. The van der Waals surface area contributed by atoms with E-state index in [0.717, 1.165) is 17.7 Å². The van der Waals surface area contributed by atoms with E-state index in [1.165, 1.54) is 42.5 Å². The van der Waals surface area contributed by atoms with E-state index in [0.29, 0.717) is 5.95 Å². The molecule has 0 spiro atoms. The minimum atomic E-state index is -0.103. The second-order valence-electron chi connectivity index (χ2n) is 4.76. The van der Waals surface area contributed by atoms with Crippen LogP contribution in [0.1, 0.15) is 45.8 Å². The Morgan fingerprint density at radius 1 is 1.26 bits per heavy atom. The molecule has 2 N–H and O–H groups in total. The number of aromatic nitrogens is 3. The van der Waals surface area contributed by atoms with Crippen LogP contribution in [-0.4, -0.2) is 21.1 Å². The first-order valence-electron chi connectivity index (χ1n) is 6.61. The molecule has 1 aliphatic rings. The fourth-order valence-corrected chi connectivity index (χ4v) is 3.54. The van der Waals surface area contributed by atoms with Gasteiger partial charge in [0, 0.05) is 4.88 Å². The summed E-state index contributed by atoms with van der Waals surface area (Å²) in [7, 11) is 0. The molecule has 0 aromatic carbocycles. The van der Waals surface area contributed by atoms with Crippen LogP contribution >= 0.6 is 11.3 Å². The lowest BCUT2D eigenvalue weighted by Crippen LogP contribution is -2.11. The molecular weight excluding hydrogens is 260 g/mol. The maximum absolute atomic E-state index is 12.1. The van der Waals surface area contributed by atoms with Crippen LogP contribution in [0.25, 0.3) is 0 Å². The molecule has 0 bridgehead atoms. The number of H-pyrrole nitrogens is 1. The Hall–Kier alpha value is -1.69. The van der Waals surface area contributed by atoms with E-state index in [9.17, 15) is 4.79 Å². The second kappa shape index (κ2) is 5.52.